The second-order valence-electron chi connectivity index (χ2n) is 6.83. The SMILES string of the molecule is Cc1ccc(C(C)(C)C)cc1S(=O)(=O)NC1CCCC1. The Morgan fingerprint density at radius 2 is 1.75 bits per heavy atom. The van der Waals surface area contributed by atoms with E-state index in [9.17, 15) is 8.42 Å². The van der Waals surface area contributed by atoms with Gasteiger partial charge >= 0.3 is 0 Å². The molecule has 0 radical (unpaired) electrons. The molecule has 1 N–H and O–H groups in total. The summed E-state index contributed by atoms with van der Waals surface area (Å²) in [4.78, 5) is 0.428. The molecule has 0 heterocycles. The number of sulfonamides is 1. The third-order valence-corrected chi connectivity index (χ3v) is 5.68. The fraction of sp³-hybridized carbons (Fsp3) is 0.625. The van der Waals surface area contributed by atoms with Crippen LogP contribution in [0.2, 0.25) is 0 Å². The molecule has 1 aromatic rings. The highest BCUT2D eigenvalue weighted by molar-refractivity contribution is 7.89. The van der Waals surface area contributed by atoms with E-state index in [-0.39, 0.29) is 11.5 Å². The van der Waals surface area contributed by atoms with Crippen molar-refractivity contribution in [3.05, 3.63) is 29.3 Å². The number of benzene rings is 1. The van der Waals surface area contributed by atoms with Crippen molar-refractivity contribution >= 4 is 10.0 Å². The Morgan fingerprint density at radius 3 is 2.30 bits per heavy atom. The van der Waals surface area contributed by atoms with E-state index in [2.05, 4.69) is 25.5 Å². The van der Waals surface area contributed by atoms with E-state index in [0.717, 1.165) is 36.8 Å². The first-order valence-corrected chi connectivity index (χ1v) is 8.82. The normalized spacial score (nSPS) is 17.6. The molecule has 1 fully saturated rings. The molecule has 0 aromatic heterocycles. The van der Waals surface area contributed by atoms with Crippen molar-refractivity contribution in [3.8, 4) is 0 Å². The van der Waals surface area contributed by atoms with E-state index < -0.39 is 10.0 Å². The molecular formula is C16H25NO2S. The van der Waals surface area contributed by atoms with E-state index in [1.165, 1.54) is 0 Å². The summed E-state index contributed by atoms with van der Waals surface area (Å²) in [6.45, 7) is 8.14. The lowest BCUT2D eigenvalue weighted by molar-refractivity contribution is 0.550. The standard InChI is InChI=1S/C16H25NO2S/c1-12-9-10-13(16(2,3)4)11-15(12)20(18,19)17-14-7-5-6-8-14/h9-11,14,17H,5-8H2,1-4H3. The van der Waals surface area contributed by atoms with E-state index in [1.54, 1.807) is 0 Å². The molecule has 0 bridgehead atoms. The van der Waals surface area contributed by atoms with Crippen LogP contribution in [0.3, 0.4) is 0 Å². The van der Waals surface area contributed by atoms with Crippen molar-refractivity contribution in [3.63, 3.8) is 0 Å². The molecule has 0 spiro atoms. The van der Waals surface area contributed by atoms with Gasteiger partial charge in [-0.2, -0.15) is 0 Å². The Morgan fingerprint density at radius 1 is 1.15 bits per heavy atom. The zero-order valence-corrected chi connectivity index (χ0v) is 13.7. The number of hydrogen-bond donors (Lipinski definition) is 1. The Balaban J connectivity index is 2.35. The van der Waals surface area contributed by atoms with Crippen LogP contribution in [-0.2, 0) is 15.4 Å². The van der Waals surface area contributed by atoms with Gasteiger partial charge in [0.25, 0.3) is 0 Å². The summed E-state index contributed by atoms with van der Waals surface area (Å²) in [5, 5.41) is 0. The summed E-state index contributed by atoms with van der Waals surface area (Å²) in [6.07, 6.45) is 4.15. The van der Waals surface area contributed by atoms with E-state index in [4.69, 9.17) is 0 Å². The molecule has 3 nitrogen and oxygen atoms in total. The number of rotatable bonds is 3. The zero-order chi connectivity index (χ0) is 15.0. The fourth-order valence-electron chi connectivity index (χ4n) is 2.68. The highest BCUT2D eigenvalue weighted by Crippen LogP contribution is 2.27. The van der Waals surface area contributed by atoms with Gasteiger partial charge in [-0.1, -0.05) is 45.7 Å². The van der Waals surface area contributed by atoms with Crippen molar-refractivity contribution in [1.29, 1.82) is 0 Å². The van der Waals surface area contributed by atoms with Crippen molar-refractivity contribution in [2.24, 2.45) is 0 Å². The molecule has 0 unspecified atom stereocenters. The summed E-state index contributed by atoms with van der Waals surface area (Å²) in [5.74, 6) is 0. The quantitative estimate of drug-likeness (QED) is 0.927. The summed E-state index contributed by atoms with van der Waals surface area (Å²) < 4.78 is 28.0. The molecule has 0 amide bonds. The summed E-state index contributed by atoms with van der Waals surface area (Å²) in [6, 6.07) is 5.86. The van der Waals surface area contributed by atoms with Gasteiger partial charge in [0.1, 0.15) is 0 Å². The van der Waals surface area contributed by atoms with Crippen LogP contribution in [-0.4, -0.2) is 14.5 Å². The van der Waals surface area contributed by atoms with Crippen LogP contribution in [0.5, 0.6) is 0 Å². The molecule has 1 aliphatic rings. The molecule has 1 aromatic carbocycles. The fourth-order valence-corrected chi connectivity index (χ4v) is 4.26. The summed E-state index contributed by atoms with van der Waals surface area (Å²) in [7, 11) is -3.41. The van der Waals surface area contributed by atoms with E-state index in [1.807, 2.05) is 25.1 Å². The molecule has 1 saturated carbocycles. The van der Waals surface area contributed by atoms with Crippen LogP contribution in [0.15, 0.2) is 23.1 Å². The molecule has 20 heavy (non-hydrogen) atoms. The third kappa shape index (κ3) is 3.41. The van der Waals surface area contributed by atoms with Crippen LogP contribution < -0.4 is 4.72 Å². The lowest BCUT2D eigenvalue weighted by Gasteiger charge is -2.21. The van der Waals surface area contributed by atoms with Gasteiger partial charge in [-0.3, -0.25) is 0 Å². The van der Waals surface area contributed by atoms with Gasteiger partial charge in [0.15, 0.2) is 0 Å². The van der Waals surface area contributed by atoms with Crippen LogP contribution >= 0.6 is 0 Å². The van der Waals surface area contributed by atoms with Gasteiger partial charge in [-0.25, -0.2) is 13.1 Å². The predicted molar refractivity (Wildman–Crippen MR) is 82.5 cm³/mol. The molecule has 1 aliphatic carbocycles. The lowest BCUT2D eigenvalue weighted by Crippen LogP contribution is -2.33. The topological polar surface area (TPSA) is 46.2 Å². The molecule has 2 rings (SSSR count). The van der Waals surface area contributed by atoms with Gasteiger partial charge in [0.2, 0.25) is 10.0 Å². The van der Waals surface area contributed by atoms with Crippen molar-refractivity contribution in [1.82, 2.24) is 4.72 Å². The Labute approximate surface area is 122 Å². The van der Waals surface area contributed by atoms with Crippen molar-refractivity contribution < 1.29 is 8.42 Å². The predicted octanol–water partition coefficient (Wildman–Crippen LogP) is 3.51. The lowest BCUT2D eigenvalue weighted by atomic mass is 9.87. The second-order valence-corrected chi connectivity index (χ2v) is 8.52. The maximum absolute atomic E-state index is 12.6. The smallest absolute Gasteiger partial charge is 0.208 e. The minimum atomic E-state index is -3.41. The van der Waals surface area contributed by atoms with Crippen LogP contribution in [0.1, 0.15) is 57.6 Å². The van der Waals surface area contributed by atoms with Crippen LogP contribution in [0.4, 0.5) is 0 Å². The molecule has 0 saturated heterocycles. The first kappa shape index (κ1) is 15.5. The van der Waals surface area contributed by atoms with Crippen molar-refractivity contribution in [2.45, 2.75) is 69.7 Å². The third-order valence-electron chi connectivity index (χ3n) is 4.02. The van der Waals surface area contributed by atoms with E-state index >= 15 is 0 Å². The van der Waals surface area contributed by atoms with Gasteiger partial charge < -0.3 is 0 Å². The number of nitrogens with one attached hydrogen (secondary N) is 1. The van der Waals surface area contributed by atoms with Crippen LogP contribution in [0.25, 0.3) is 0 Å². The Kier molecular flexibility index (Phi) is 4.26. The van der Waals surface area contributed by atoms with Gasteiger partial charge in [-0.15, -0.1) is 0 Å². The molecule has 4 heteroatoms. The molecular weight excluding hydrogens is 270 g/mol. The van der Waals surface area contributed by atoms with Gasteiger partial charge in [0.05, 0.1) is 4.90 Å². The highest BCUT2D eigenvalue weighted by Gasteiger charge is 2.25. The maximum Gasteiger partial charge on any atom is 0.241 e. The van der Waals surface area contributed by atoms with Crippen LogP contribution in [0, 0.1) is 6.92 Å². The Bertz CT molecular complexity index is 579. The molecule has 0 aliphatic heterocycles. The zero-order valence-electron chi connectivity index (χ0n) is 12.9. The second kappa shape index (κ2) is 5.49. The highest BCUT2D eigenvalue weighted by atomic mass is 32.2. The average molecular weight is 295 g/mol. The Hall–Kier alpha value is -0.870. The van der Waals surface area contributed by atoms with Crippen molar-refractivity contribution in [2.75, 3.05) is 0 Å². The number of hydrogen-bond acceptors (Lipinski definition) is 2. The molecule has 112 valence electrons. The molecule has 0 atom stereocenters. The maximum atomic E-state index is 12.6. The summed E-state index contributed by atoms with van der Waals surface area (Å²) >= 11 is 0. The average Bonchev–Trinajstić information content (AvgIpc) is 2.79. The first-order chi connectivity index (χ1) is 9.20. The number of aryl methyl sites for hydroxylation is 1. The van der Waals surface area contributed by atoms with E-state index in [0.29, 0.717) is 4.90 Å². The van der Waals surface area contributed by atoms with Gasteiger partial charge in [0, 0.05) is 6.04 Å². The largest absolute Gasteiger partial charge is 0.241 e. The van der Waals surface area contributed by atoms with Gasteiger partial charge in [-0.05, 0) is 42.4 Å². The summed E-state index contributed by atoms with van der Waals surface area (Å²) in [5.41, 5.74) is 1.81. The minimum absolute atomic E-state index is 0.0503. The minimum Gasteiger partial charge on any atom is -0.208 e. The first-order valence-electron chi connectivity index (χ1n) is 7.33. The monoisotopic (exact) mass is 295 g/mol.